The van der Waals surface area contributed by atoms with E-state index in [2.05, 4.69) is 39.9 Å². The van der Waals surface area contributed by atoms with Crippen LogP contribution < -0.4 is 0 Å². The van der Waals surface area contributed by atoms with Crippen LogP contribution >= 0.6 is 37.0 Å². The summed E-state index contributed by atoms with van der Waals surface area (Å²) in [5.41, 5.74) is 2.06. The molecule has 3 rings (SSSR count). The Morgan fingerprint density at radius 1 is 1.45 bits per heavy atom. The third kappa shape index (κ3) is 7.37. The van der Waals surface area contributed by atoms with Crippen LogP contribution in [0.1, 0.15) is 17.7 Å². The summed E-state index contributed by atoms with van der Waals surface area (Å²) in [4.78, 5) is 13.0. The van der Waals surface area contributed by atoms with Crippen LogP contribution in [0, 0.1) is 13.8 Å². The first-order valence-corrected chi connectivity index (χ1v) is 10.7. The van der Waals surface area contributed by atoms with Gasteiger partial charge in [0.05, 0.1) is 18.6 Å². The van der Waals surface area contributed by atoms with Crippen molar-refractivity contribution >= 4 is 69.0 Å². The molecule has 2 aromatic rings. The minimum Gasteiger partial charge on any atom is -0.387 e. The van der Waals surface area contributed by atoms with Gasteiger partial charge in [-0.25, -0.2) is 39.9 Å². The maximum absolute atomic E-state index is 7.41. The highest BCUT2D eigenvalue weighted by Crippen LogP contribution is 2.32. The molecule has 0 spiro atoms. The molecular formula is C15H29B3N4O4S3. The van der Waals surface area contributed by atoms with Gasteiger partial charge in [-0.05, 0) is 36.9 Å². The van der Waals surface area contributed by atoms with Gasteiger partial charge in [0.2, 0.25) is 2.86 Å². The number of aliphatic hydroxyl groups is 2. The smallest absolute Gasteiger partial charge is 0.211 e. The van der Waals surface area contributed by atoms with Gasteiger partial charge in [0.15, 0.2) is 24.9 Å². The van der Waals surface area contributed by atoms with Crippen LogP contribution in [-0.2, 0) is 8.92 Å². The molecule has 8 nitrogen and oxygen atoms in total. The van der Waals surface area contributed by atoms with Gasteiger partial charge in [0, 0.05) is 0 Å². The summed E-state index contributed by atoms with van der Waals surface area (Å²) < 4.78 is 54.9. The highest BCUT2D eigenvalue weighted by molar-refractivity contribution is 8.06. The summed E-state index contributed by atoms with van der Waals surface area (Å²) >= 11 is 8.24. The highest BCUT2D eigenvalue weighted by Gasteiger charge is 2.44. The topological polar surface area (TPSA) is 103 Å². The molecule has 1 aliphatic rings. The molecule has 1 aliphatic heterocycles. The molecule has 0 saturated carbocycles. The van der Waals surface area contributed by atoms with Crippen LogP contribution in [0.25, 0.3) is 11.2 Å². The zero-order valence-electron chi connectivity index (χ0n) is 22.8. The predicted molar refractivity (Wildman–Crippen MR) is 132 cm³/mol. The Morgan fingerprint density at radius 2 is 2.14 bits per heavy atom. The van der Waals surface area contributed by atoms with Gasteiger partial charge >= 0.3 is 0 Å². The van der Waals surface area contributed by atoms with Crippen molar-refractivity contribution in [1.29, 1.82) is 8.21 Å². The molecule has 0 radical (unpaired) electrons. The summed E-state index contributed by atoms with van der Waals surface area (Å²) in [5.74, 6) is 0.577. The van der Waals surface area contributed by atoms with Crippen molar-refractivity contribution in [3.05, 3.63) is 17.8 Å². The molecule has 3 heterocycles. The Hall–Kier alpha value is -0.365. The summed E-state index contributed by atoms with van der Waals surface area (Å²) in [7, 11) is -0.997. The minimum absolute atomic E-state index is 0.0525. The van der Waals surface area contributed by atoms with Gasteiger partial charge < -0.3 is 19.1 Å². The van der Waals surface area contributed by atoms with E-state index in [1.807, 2.05) is 6.92 Å². The summed E-state index contributed by atoms with van der Waals surface area (Å²) in [6, 6.07) is 0. The van der Waals surface area contributed by atoms with Gasteiger partial charge in [0.25, 0.3) is 0 Å². The van der Waals surface area contributed by atoms with E-state index >= 15 is 0 Å². The van der Waals surface area contributed by atoms with E-state index in [-0.39, 0.29) is 25.3 Å². The molecule has 160 valence electrons. The van der Waals surface area contributed by atoms with Crippen molar-refractivity contribution in [2.24, 2.45) is 0 Å². The zero-order chi connectivity index (χ0) is 26.7. The van der Waals surface area contributed by atoms with Crippen molar-refractivity contribution < 1.29 is 19.1 Å². The molecule has 0 bridgehead atoms. The van der Waals surface area contributed by atoms with Crippen LogP contribution in [-0.4, -0.2) is 89.3 Å². The van der Waals surface area contributed by atoms with E-state index in [1.54, 1.807) is 25.1 Å². The van der Waals surface area contributed by atoms with E-state index < -0.39 is 32.3 Å². The Kier molecular flexibility index (Phi) is 8.70. The fourth-order valence-corrected chi connectivity index (χ4v) is 2.94. The number of hydrogen-bond acceptors (Lipinski definition) is 10. The number of nitrogens with zero attached hydrogens (tertiary/aromatic N) is 4. The quantitative estimate of drug-likeness (QED) is 0.186. The van der Waals surface area contributed by atoms with E-state index in [0.717, 1.165) is 17.7 Å². The van der Waals surface area contributed by atoms with E-state index in [4.69, 9.17) is 27.3 Å². The normalized spacial score (nSPS) is 25.7. The maximum atomic E-state index is 7.41. The molecule has 14 heteroatoms. The second-order valence-corrected chi connectivity index (χ2v) is 7.60. The summed E-state index contributed by atoms with van der Waals surface area (Å²) in [6.45, 7) is 6.61. The molecule has 1 fully saturated rings. The second kappa shape index (κ2) is 13.8. The fourth-order valence-electron chi connectivity index (χ4n) is 2.61. The first kappa shape index (κ1) is 18.2. The predicted octanol–water partition coefficient (Wildman–Crippen LogP) is -0.0507. The number of aliphatic hydroxyl groups excluding tert-OH is 2. The number of aryl methyl sites for hydroxylation is 2. The molecule has 2 aromatic heterocycles. The SMILES string of the molecule is [2H]B(C)S.[2H]B(C)S.[2H]B([3H])CSOC[C@H]1OC(n2cnc3c(C)nc(C)nc32)[C@H](O[3H])[C@@H]1O[3H]. The number of hydrogen-bond donors (Lipinski definition) is 4. The van der Waals surface area contributed by atoms with Crippen molar-refractivity contribution in [2.75, 3.05) is 12.3 Å². The summed E-state index contributed by atoms with van der Waals surface area (Å²) in [6.07, 6.45) is -1.68. The van der Waals surface area contributed by atoms with Crippen LogP contribution in [0.3, 0.4) is 0 Å². The Bertz CT molecular complexity index is 886. The molecule has 0 aromatic carbocycles. The average molecular weight is 467 g/mol. The van der Waals surface area contributed by atoms with Gasteiger partial charge in [-0.3, -0.25) is 4.57 Å². The lowest BCUT2D eigenvalue weighted by Crippen LogP contribution is -2.33. The monoisotopic (exact) mass is 467 g/mol. The van der Waals surface area contributed by atoms with Crippen LogP contribution in [0.4, 0.5) is 0 Å². The third-order valence-electron chi connectivity index (χ3n) is 3.65. The average Bonchev–Trinajstić information content (AvgIpc) is 3.30. The molecule has 29 heavy (non-hydrogen) atoms. The van der Waals surface area contributed by atoms with Gasteiger partial charge in [-0.15, -0.1) is 0 Å². The van der Waals surface area contributed by atoms with Crippen LogP contribution in [0.2, 0.25) is 13.6 Å². The van der Waals surface area contributed by atoms with Crippen LogP contribution in [0.15, 0.2) is 6.33 Å². The number of ether oxygens (including phenoxy) is 1. The van der Waals surface area contributed by atoms with E-state index in [9.17, 15) is 0 Å². The number of fused-ring (bicyclic) bond motifs is 1. The lowest BCUT2D eigenvalue weighted by Gasteiger charge is -2.16. The number of thiol groups is 2. The zero-order valence-corrected chi connectivity index (χ0v) is 19.4. The van der Waals surface area contributed by atoms with Crippen LogP contribution in [0.5, 0.6) is 0 Å². The molecule has 0 aliphatic carbocycles. The maximum Gasteiger partial charge on any atom is 0.211 e. The van der Waals surface area contributed by atoms with E-state index in [0.29, 0.717) is 17.0 Å². The number of aromatic nitrogens is 4. The van der Waals surface area contributed by atoms with Crippen molar-refractivity contribution in [3.63, 3.8) is 0 Å². The lowest BCUT2D eigenvalue weighted by molar-refractivity contribution is -0.0453. The Balaban J connectivity index is 0.000000668. The fraction of sp³-hybridized carbons (Fsp3) is 0.667. The molecule has 1 saturated heterocycles. The van der Waals surface area contributed by atoms with Gasteiger partial charge in [-0.2, -0.15) is 0 Å². The molecule has 0 amide bonds. The first-order chi connectivity index (χ1) is 16.4. The molecule has 2 N–H and O–H groups in total. The third-order valence-corrected chi connectivity index (χ3v) is 4.09. The minimum atomic E-state index is -0.997. The highest BCUT2D eigenvalue weighted by atomic mass is 32.2. The van der Waals surface area contributed by atoms with Gasteiger partial charge in [-0.1, -0.05) is 13.6 Å². The molecule has 4 atom stereocenters. The molecular weight excluding hydrogens is 429 g/mol. The largest absolute Gasteiger partial charge is 0.387 e. The first-order valence-electron chi connectivity index (χ1n) is 11.9. The van der Waals surface area contributed by atoms with Crippen molar-refractivity contribution in [3.8, 4) is 0 Å². The Labute approximate surface area is 198 Å². The van der Waals surface area contributed by atoms with Gasteiger partial charge in [0.1, 0.15) is 37.4 Å². The summed E-state index contributed by atoms with van der Waals surface area (Å²) in [5, 5.41) is 9.54. The van der Waals surface area contributed by atoms with Crippen molar-refractivity contribution in [1.82, 2.24) is 19.5 Å². The second-order valence-electron chi connectivity index (χ2n) is 5.76. The Morgan fingerprint density at radius 3 is 2.76 bits per heavy atom. The lowest BCUT2D eigenvalue weighted by atomic mass is 10.1. The van der Waals surface area contributed by atoms with E-state index in [1.165, 1.54) is 6.33 Å². The number of rotatable bonds is 8. The standard InChI is InChI=1S/C13H19BN4O4S.2CH5BS/c1-6-9-12(17-7(2)16-6)18(5-15-9)13-11(20)10(19)8(22-13)3-21-23-4-14;2*1-2-3/h5,8,10-11,13,19-20H,3-4,14H2,1-2H3;2*2-3H,1H3/t8-,10-,11-,13?;;/m1../s1/i14TD,19T,20T;2*2D. The number of imidazole rings is 1. The van der Waals surface area contributed by atoms with Crippen molar-refractivity contribution in [2.45, 2.75) is 52.0 Å². The molecule has 1 unspecified atom stereocenters.